The number of hydrogen-bond acceptors (Lipinski definition) is 0. The van der Waals surface area contributed by atoms with Crippen LogP contribution in [0.4, 0.5) is 0 Å². The Morgan fingerprint density at radius 1 is 0.957 bits per heavy atom. The van der Waals surface area contributed by atoms with Crippen LogP contribution in [0.25, 0.3) is 0 Å². The summed E-state index contributed by atoms with van der Waals surface area (Å²) in [6, 6.07) is 0. The van der Waals surface area contributed by atoms with Gasteiger partial charge in [0.05, 0.1) is 0 Å². The normalized spacial score (nSPS) is 36.7. The first-order valence-corrected chi connectivity index (χ1v) is 10.9. The average Bonchev–Trinajstić information content (AvgIpc) is 2.61. The molecule has 2 rings (SSSR count). The van der Waals surface area contributed by atoms with E-state index in [4.69, 9.17) is 0 Å². The van der Waals surface area contributed by atoms with Gasteiger partial charge in [0.15, 0.2) is 0 Å². The van der Waals surface area contributed by atoms with Gasteiger partial charge in [-0.15, -0.1) is 0 Å². The third-order valence-electron chi connectivity index (χ3n) is 6.90. The summed E-state index contributed by atoms with van der Waals surface area (Å²) in [7, 11) is 0. The molecule has 1 saturated carbocycles. The molecule has 0 nitrogen and oxygen atoms in total. The maximum absolute atomic E-state index is 2.62. The van der Waals surface area contributed by atoms with Crippen LogP contribution in [0, 0.1) is 23.7 Å². The predicted molar refractivity (Wildman–Crippen MR) is 104 cm³/mol. The van der Waals surface area contributed by atoms with Gasteiger partial charge in [-0.1, -0.05) is 96.1 Å². The third kappa shape index (κ3) is 6.63. The number of fused-ring (bicyclic) bond motifs is 1. The predicted octanol–water partition coefficient (Wildman–Crippen LogP) is 7.93. The summed E-state index contributed by atoms with van der Waals surface area (Å²) < 4.78 is 0. The van der Waals surface area contributed by atoms with Crippen LogP contribution in [0.2, 0.25) is 0 Å². The van der Waals surface area contributed by atoms with Gasteiger partial charge in [0.25, 0.3) is 0 Å². The maximum atomic E-state index is 2.62. The summed E-state index contributed by atoms with van der Waals surface area (Å²) in [6.45, 7) is 7.30. The minimum atomic E-state index is 0.936. The van der Waals surface area contributed by atoms with Crippen LogP contribution in [-0.4, -0.2) is 0 Å². The molecular weight excluding hydrogens is 276 g/mol. The van der Waals surface area contributed by atoms with E-state index in [0.29, 0.717) is 0 Å². The lowest BCUT2D eigenvalue weighted by Crippen LogP contribution is -2.22. The first-order valence-electron chi connectivity index (χ1n) is 10.9. The molecule has 0 bridgehead atoms. The summed E-state index contributed by atoms with van der Waals surface area (Å²) >= 11 is 0. The van der Waals surface area contributed by atoms with E-state index in [1.807, 2.05) is 0 Å². The molecule has 2 aliphatic rings. The van der Waals surface area contributed by atoms with Crippen molar-refractivity contribution >= 4 is 0 Å². The van der Waals surface area contributed by atoms with Crippen LogP contribution in [0.3, 0.4) is 0 Å². The summed E-state index contributed by atoms with van der Waals surface area (Å²) in [5.74, 6) is 3.94. The lowest BCUT2D eigenvalue weighted by molar-refractivity contribution is 0.203. The molecule has 0 aromatic heterocycles. The van der Waals surface area contributed by atoms with Crippen molar-refractivity contribution in [3.63, 3.8) is 0 Å². The Morgan fingerprint density at radius 2 is 1.78 bits per heavy atom. The van der Waals surface area contributed by atoms with Crippen molar-refractivity contribution in [1.29, 1.82) is 0 Å². The van der Waals surface area contributed by atoms with Crippen LogP contribution < -0.4 is 0 Å². The molecule has 0 heterocycles. The maximum Gasteiger partial charge on any atom is -0.0314 e. The molecular formula is C23H42. The Balaban J connectivity index is 2.02. The van der Waals surface area contributed by atoms with E-state index in [-0.39, 0.29) is 0 Å². The van der Waals surface area contributed by atoms with Gasteiger partial charge in [0, 0.05) is 0 Å². The minimum Gasteiger partial charge on any atom is -0.0853 e. The Labute approximate surface area is 146 Å². The number of hydrogen-bond donors (Lipinski definition) is 0. The highest BCUT2D eigenvalue weighted by Gasteiger charge is 2.28. The molecule has 2 aliphatic carbocycles. The molecule has 0 N–H and O–H groups in total. The van der Waals surface area contributed by atoms with Crippen LogP contribution in [0.5, 0.6) is 0 Å². The van der Waals surface area contributed by atoms with E-state index in [1.165, 1.54) is 89.9 Å². The highest BCUT2D eigenvalue weighted by Crippen LogP contribution is 2.39. The number of unbranched alkanes of at least 4 members (excludes halogenated alkanes) is 1. The Kier molecular flexibility index (Phi) is 8.77. The van der Waals surface area contributed by atoms with Gasteiger partial charge in [-0.05, 0) is 49.9 Å². The molecule has 0 spiro atoms. The Bertz CT molecular complexity index is 340. The van der Waals surface area contributed by atoms with E-state index in [0.717, 1.165) is 23.7 Å². The number of rotatable bonds is 3. The van der Waals surface area contributed by atoms with Crippen molar-refractivity contribution in [1.82, 2.24) is 0 Å². The molecule has 0 aromatic carbocycles. The first kappa shape index (κ1) is 19.1. The Hall–Kier alpha value is -0.260. The molecule has 134 valence electrons. The van der Waals surface area contributed by atoms with Gasteiger partial charge in [-0.3, -0.25) is 0 Å². The molecule has 0 aliphatic heterocycles. The second-order valence-electron chi connectivity index (χ2n) is 8.80. The fourth-order valence-electron chi connectivity index (χ4n) is 5.20. The van der Waals surface area contributed by atoms with Crippen molar-refractivity contribution in [3.8, 4) is 0 Å². The summed E-state index contributed by atoms with van der Waals surface area (Å²) in [5.41, 5.74) is 1.67. The fraction of sp³-hybridized carbons (Fsp3) is 0.913. The Morgan fingerprint density at radius 3 is 2.61 bits per heavy atom. The molecule has 0 radical (unpaired) electrons. The summed E-state index contributed by atoms with van der Waals surface area (Å²) in [5, 5.41) is 0. The van der Waals surface area contributed by atoms with E-state index in [1.54, 1.807) is 5.57 Å². The number of allylic oxidation sites excluding steroid dienone is 2. The monoisotopic (exact) mass is 318 g/mol. The standard InChI is InChI=1S/C23H42/c1-4-5-11-21-12-9-14-22-13-8-6-7-10-19(2)15-18-23(22)20(3)16-17-21/h15,20-23H,4-14,16-18H2,1-3H3/b19-15+. The topological polar surface area (TPSA) is 0 Å². The van der Waals surface area contributed by atoms with E-state index in [9.17, 15) is 0 Å². The zero-order valence-corrected chi connectivity index (χ0v) is 16.3. The van der Waals surface area contributed by atoms with Crippen LogP contribution in [-0.2, 0) is 0 Å². The summed E-state index contributed by atoms with van der Waals surface area (Å²) in [6.07, 6.45) is 23.1. The fourth-order valence-corrected chi connectivity index (χ4v) is 5.20. The van der Waals surface area contributed by atoms with Crippen molar-refractivity contribution in [2.24, 2.45) is 23.7 Å². The SMILES string of the molecule is CCCCC1CCCC2CCCCC/C(C)=C/CC2C(C)CC1. The van der Waals surface area contributed by atoms with Crippen LogP contribution in [0.1, 0.15) is 111 Å². The van der Waals surface area contributed by atoms with Gasteiger partial charge in [0.1, 0.15) is 0 Å². The van der Waals surface area contributed by atoms with Gasteiger partial charge in [-0.25, -0.2) is 0 Å². The zero-order chi connectivity index (χ0) is 16.5. The average molecular weight is 319 g/mol. The van der Waals surface area contributed by atoms with Crippen molar-refractivity contribution in [2.45, 2.75) is 111 Å². The highest BCUT2D eigenvalue weighted by atomic mass is 14.3. The molecule has 1 fully saturated rings. The zero-order valence-electron chi connectivity index (χ0n) is 16.3. The molecule has 0 amide bonds. The quantitative estimate of drug-likeness (QED) is 0.463. The van der Waals surface area contributed by atoms with Crippen LogP contribution >= 0.6 is 0 Å². The highest BCUT2D eigenvalue weighted by molar-refractivity contribution is 5.00. The van der Waals surface area contributed by atoms with E-state index >= 15 is 0 Å². The summed E-state index contributed by atoms with van der Waals surface area (Å²) in [4.78, 5) is 0. The first-order chi connectivity index (χ1) is 11.2. The third-order valence-corrected chi connectivity index (χ3v) is 6.90. The van der Waals surface area contributed by atoms with Gasteiger partial charge < -0.3 is 0 Å². The smallest absolute Gasteiger partial charge is 0.0314 e. The second kappa shape index (κ2) is 10.6. The van der Waals surface area contributed by atoms with Crippen LogP contribution in [0.15, 0.2) is 11.6 Å². The molecule has 0 aromatic rings. The van der Waals surface area contributed by atoms with E-state index < -0.39 is 0 Å². The molecule has 4 atom stereocenters. The van der Waals surface area contributed by atoms with E-state index in [2.05, 4.69) is 26.8 Å². The van der Waals surface area contributed by atoms with Crippen molar-refractivity contribution in [3.05, 3.63) is 11.6 Å². The second-order valence-corrected chi connectivity index (χ2v) is 8.80. The lowest BCUT2D eigenvalue weighted by Gasteiger charge is -2.32. The lowest BCUT2D eigenvalue weighted by atomic mass is 9.74. The molecule has 0 heteroatoms. The largest absolute Gasteiger partial charge is 0.0853 e. The van der Waals surface area contributed by atoms with Gasteiger partial charge in [-0.2, -0.15) is 0 Å². The molecule has 4 unspecified atom stereocenters. The molecule has 23 heavy (non-hydrogen) atoms. The minimum absolute atomic E-state index is 0.936. The molecule has 0 saturated heterocycles. The van der Waals surface area contributed by atoms with Gasteiger partial charge in [0.2, 0.25) is 0 Å². The van der Waals surface area contributed by atoms with Gasteiger partial charge >= 0.3 is 0 Å². The van der Waals surface area contributed by atoms with Crippen molar-refractivity contribution in [2.75, 3.05) is 0 Å². The van der Waals surface area contributed by atoms with Crippen molar-refractivity contribution < 1.29 is 0 Å².